The normalized spacial score (nSPS) is 14.4. The molecule has 0 aromatic rings. The predicted octanol–water partition coefficient (Wildman–Crippen LogP) is 12.1. The van der Waals surface area contributed by atoms with Crippen LogP contribution in [0.1, 0.15) is 219 Å². The van der Waals surface area contributed by atoms with Crippen LogP contribution >= 0.6 is 7.82 Å². The highest BCUT2D eigenvalue weighted by Gasteiger charge is 2.24. The molecule has 322 valence electrons. The van der Waals surface area contributed by atoms with Crippen LogP contribution in [0.3, 0.4) is 0 Å². The van der Waals surface area contributed by atoms with Gasteiger partial charge in [-0.25, -0.2) is 0 Å². The average molecular weight is 787 g/mol. The van der Waals surface area contributed by atoms with Crippen molar-refractivity contribution in [1.82, 2.24) is 5.32 Å². The number of phosphoric ester groups is 1. The number of aliphatic hydroxyl groups is 1. The zero-order valence-corrected chi connectivity index (χ0v) is 37.3. The number of hydrogen-bond acceptors (Lipinski definition) is 6. The third-order valence-electron chi connectivity index (χ3n) is 10.5. The van der Waals surface area contributed by atoms with E-state index in [4.69, 9.17) is 9.05 Å². The first-order valence-corrected chi connectivity index (χ1v) is 24.5. The summed E-state index contributed by atoms with van der Waals surface area (Å²) in [5.74, 6) is -0.185. The second kappa shape index (κ2) is 37.8. The van der Waals surface area contributed by atoms with E-state index in [1.807, 2.05) is 27.2 Å². The summed E-state index contributed by atoms with van der Waals surface area (Å²) in [6.07, 6.45) is 42.4. The van der Waals surface area contributed by atoms with Crippen LogP contribution in [0.5, 0.6) is 0 Å². The standard InChI is InChI=1S/C45H91N2O6P/c1-6-8-10-12-14-16-18-20-21-22-23-24-25-27-29-31-33-35-37-39-45(49)46-43(42-53-54(50,51)52-41-40-47(3,4)5)44(48)38-36-34-32-30-28-26-19-17-15-13-11-9-7-2/h34,36,43-44,48H,6-33,35,37-42H2,1-5H3,(H-,46,49,50,51)/t43-,44+/m0/s1. The van der Waals surface area contributed by atoms with E-state index in [1.165, 1.54) is 161 Å². The van der Waals surface area contributed by atoms with E-state index in [9.17, 15) is 19.4 Å². The molecule has 0 rings (SSSR count). The molecule has 9 heteroatoms. The number of carbonyl (C=O) groups excluding carboxylic acids is 1. The lowest BCUT2D eigenvalue weighted by molar-refractivity contribution is -0.870. The van der Waals surface area contributed by atoms with Crippen molar-refractivity contribution in [3.8, 4) is 0 Å². The van der Waals surface area contributed by atoms with Gasteiger partial charge in [-0.15, -0.1) is 0 Å². The van der Waals surface area contributed by atoms with Gasteiger partial charge in [0.1, 0.15) is 13.2 Å². The number of nitrogens with one attached hydrogen (secondary N) is 1. The highest BCUT2D eigenvalue weighted by molar-refractivity contribution is 7.45. The fourth-order valence-corrected chi connectivity index (χ4v) is 7.52. The molecule has 0 heterocycles. The molecule has 3 atom stereocenters. The number of allylic oxidation sites excluding steroid dienone is 1. The van der Waals surface area contributed by atoms with Crippen LogP contribution in [-0.2, 0) is 18.4 Å². The third-order valence-corrected chi connectivity index (χ3v) is 11.5. The molecular weight excluding hydrogens is 695 g/mol. The number of carbonyl (C=O) groups is 1. The minimum atomic E-state index is -4.57. The maximum atomic E-state index is 12.9. The molecule has 0 aromatic heterocycles. The topological polar surface area (TPSA) is 108 Å². The van der Waals surface area contributed by atoms with Gasteiger partial charge in [-0.2, -0.15) is 0 Å². The van der Waals surface area contributed by atoms with E-state index in [0.717, 1.165) is 32.1 Å². The van der Waals surface area contributed by atoms with Gasteiger partial charge in [0, 0.05) is 6.42 Å². The zero-order chi connectivity index (χ0) is 40.0. The molecule has 0 spiro atoms. The summed E-state index contributed by atoms with van der Waals surface area (Å²) in [4.78, 5) is 25.3. The van der Waals surface area contributed by atoms with E-state index in [0.29, 0.717) is 23.9 Å². The van der Waals surface area contributed by atoms with Crippen molar-refractivity contribution in [2.24, 2.45) is 0 Å². The molecule has 0 saturated heterocycles. The Morgan fingerprint density at radius 3 is 1.43 bits per heavy atom. The van der Waals surface area contributed by atoms with Gasteiger partial charge in [0.15, 0.2) is 0 Å². The summed E-state index contributed by atoms with van der Waals surface area (Å²) < 4.78 is 23.2. The summed E-state index contributed by atoms with van der Waals surface area (Å²) in [6.45, 7) is 4.68. The summed E-state index contributed by atoms with van der Waals surface area (Å²) in [5, 5.41) is 13.8. The van der Waals surface area contributed by atoms with Crippen molar-refractivity contribution in [3.05, 3.63) is 12.2 Å². The summed E-state index contributed by atoms with van der Waals surface area (Å²) in [6, 6.07) is -0.843. The number of unbranched alkanes of at least 4 members (excludes halogenated alkanes) is 28. The lowest BCUT2D eigenvalue weighted by atomic mass is 10.0. The van der Waals surface area contributed by atoms with Gasteiger partial charge < -0.3 is 28.8 Å². The molecule has 0 saturated carbocycles. The minimum Gasteiger partial charge on any atom is -0.756 e. The van der Waals surface area contributed by atoms with Crippen LogP contribution in [0.25, 0.3) is 0 Å². The van der Waals surface area contributed by atoms with Gasteiger partial charge in [0.05, 0.1) is 39.9 Å². The molecule has 1 unspecified atom stereocenters. The maximum absolute atomic E-state index is 12.9. The third kappa shape index (κ3) is 39.5. The van der Waals surface area contributed by atoms with Crippen LogP contribution in [0.2, 0.25) is 0 Å². The molecule has 2 N–H and O–H groups in total. The molecule has 0 radical (unpaired) electrons. The lowest BCUT2D eigenvalue weighted by Gasteiger charge is -2.29. The first kappa shape index (κ1) is 53.2. The largest absolute Gasteiger partial charge is 0.756 e. The smallest absolute Gasteiger partial charge is 0.268 e. The summed E-state index contributed by atoms with van der Waals surface area (Å²) in [7, 11) is 1.28. The van der Waals surface area contributed by atoms with Crippen LogP contribution in [0.4, 0.5) is 0 Å². The fourth-order valence-electron chi connectivity index (χ4n) is 6.79. The van der Waals surface area contributed by atoms with Gasteiger partial charge in [-0.3, -0.25) is 9.36 Å². The van der Waals surface area contributed by atoms with E-state index >= 15 is 0 Å². The molecule has 8 nitrogen and oxygen atoms in total. The highest BCUT2D eigenvalue weighted by Crippen LogP contribution is 2.38. The van der Waals surface area contributed by atoms with Gasteiger partial charge in [-0.05, 0) is 25.7 Å². The Labute approximate surface area is 335 Å². The first-order chi connectivity index (χ1) is 26.0. The van der Waals surface area contributed by atoms with Gasteiger partial charge in [0.2, 0.25) is 5.91 Å². The zero-order valence-electron chi connectivity index (χ0n) is 36.4. The van der Waals surface area contributed by atoms with E-state index in [2.05, 4.69) is 25.2 Å². The number of rotatable bonds is 42. The number of hydrogen-bond donors (Lipinski definition) is 2. The number of amides is 1. The van der Waals surface area contributed by atoms with Crippen molar-refractivity contribution in [2.45, 2.75) is 231 Å². The van der Waals surface area contributed by atoms with Gasteiger partial charge in [0.25, 0.3) is 7.82 Å². The Bertz CT molecular complexity index is 896. The molecule has 1 amide bonds. The van der Waals surface area contributed by atoms with Gasteiger partial charge in [-0.1, -0.05) is 199 Å². The van der Waals surface area contributed by atoms with Crippen LogP contribution in [-0.4, -0.2) is 68.5 Å². The quantitative estimate of drug-likeness (QED) is 0.0276. The summed E-state index contributed by atoms with van der Waals surface area (Å²) >= 11 is 0. The number of quaternary nitrogens is 1. The number of phosphoric acid groups is 1. The second-order valence-corrected chi connectivity index (χ2v) is 18.5. The Hall–Kier alpha value is -0.760. The fraction of sp³-hybridized carbons (Fsp3) is 0.933. The number of aliphatic hydroxyl groups excluding tert-OH is 1. The van der Waals surface area contributed by atoms with E-state index in [1.54, 1.807) is 0 Å². The highest BCUT2D eigenvalue weighted by atomic mass is 31.2. The van der Waals surface area contributed by atoms with Crippen molar-refractivity contribution < 1.29 is 32.9 Å². The van der Waals surface area contributed by atoms with Crippen molar-refractivity contribution in [3.63, 3.8) is 0 Å². The molecule has 0 aliphatic rings. The SMILES string of the molecule is CCCCCCCCCCCCC=CC[C@@H](O)[C@H](COP(=O)([O-])OCC[N+](C)(C)C)NC(=O)CCCCCCCCCCCCCCCCCCCCC. The molecular formula is C45H91N2O6P. The minimum absolute atomic E-state index is 0.00491. The Kier molecular flexibility index (Phi) is 37.3. The Balaban J connectivity index is 4.32. The summed E-state index contributed by atoms with van der Waals surface area (Å²) in [5.41, 5.74) is 0. The van der Waals surface area contributed by atoms with E-state index in [-0.39, 0.29) is 19.1 Å². The molecule has 0 aliphatic carbocycles. The van der Waals surface area contributed by atoms with Crippen LogP contribution in [0.15, 0.2) is 12.2 Å². The molecule has 0 bridgehead atoms. The van der Waals surface area contributed by atoms with Crippen LogP contribution < -0.4 is 10.2 Å². The number of nitrogens with zero attached hydrogens (tertiary/aromatic N) is 1. The molecule has 54 heavy (non-hydrogen) atoms. The van der Waals surface area contributed by atoms with Crippen molar-refractivity contribution >= 4 is 13.7 Å². The van der Waals surface area contributed by atoms with Crippen molar-refractivity contribution in [2.75, 3.05) is 40.9 Å². The van der Waals surface area contributed by atoms with E-state index < -0.39 is 20.0 Å². The molecule has 0 aliphatic heterocycles. The second-order valence-electron chi connectivity index (χ2n) is 17.1. The number of likely N-dealkylation sites (N-methyl/N-ethyl adjacent to an activating group) is 1. The monoisotopic (exact) mass is 787 g/mol. The molecule has 0 fully saturated rings. The first-order valence-electron chi connectivity index (χ1n) is 23.0. The van der Waals surface area contributed by atoms with Crippen molar-refractivity contribution in [1.29, 1.82) is 0 Å². The Morgan fingerprint density at radius 1 is 0.630 bits per heavy atom. The Morgan fingerprint density at radius 2 is 1.02 bits per heavy atom. The lowest BCUT2D eigenvalue weighted by Crippen LogP contribution is -2.46. The average Bonchev–Trinajstić information content (AvgIpc) is 3.12. The molecule has 0 aromatic carbocycles. The van der Waals surface area contributed by atoms with Gasteiger partial charge >= 0.3 is 0 Å². The maximum Gasteiger partial charge on any atom is 0.268 e. The predicted molar refractivity (Wildman–Crippen MR) is 229 cm³/mol. The van der Waals surface area contributed by atoms with Crippen LogP contribution in [0, 0.1) is 0 Å².